The standard InChI is InChI=1S/C11H24OS2/c1-4-5-6-7-8-9-10-11(13-2)14(3)12/h11H,4-10H2,1-3H3. The minimum atomic E-state index is -0.649. The fraction of sp³-hybridized carbons (Fsp3) is 1.00. The molecular weight excluding hydrogens is 212 g/mol. The number of hydrogen-bond acceptors (Lipinski definition) is 2. The lowest BCUT2D eigenvalue weighted by molar-refractivity contribution is 0.576. The molecule has 2 atom stereocenters. The average molecular weight is 236 g/mol. The van der Waals surface area contributed by atoms with Gasteiger partial charge in [0.2, 0.25) is 0 Å². The van der Waals surface area contributed by atoms with Crippen molar-refractivity contribution in [3.05, 3.63) is 0 Å². The summed E-state index contributed by atoms with van der Waals surface area (Å²) in [5.41, 5.74) is 0. The van der Waals surface area contributed by atoms with Gasteiger partial charge in [0.1, 0.15) is 0 Å². The van der Waals surface area contributed by atoms with Gasteiger partial charge in [0.15, 0.2) is 4.58 Å². The molecule has 0 aliphatic heterocycles. The van der Waals surface area contributed by atoms with Gasteiger partial charge in [-0.15, -0.1) is 11.8 Å². The largest absolute Gasteiger partial charge is 0.616 e. The second kappa shape index (κ2) is 10.2. The van der Waals surface area contributed by atoms with Gasteiger partial charge >= 0.3 is 0 Å². The van der Waals surface area contributed by atoms with Crippen LogP contribution in [0.2, 0.25) is 0 Å². The third-order valence-corrected chi connectivity index (χ3v) is 5.55. The van der Waals surface area contributed by atoms with E-state index < -0.39 is 11.2 Å². The van der Waals surface area contributed by atoms with E-state index in [1.54, 1.807) is 11.8 Å². The van der Waals surface area contributed by atoms with Crippen molar-refractivity contribution in [3.8, 4) is 0 Å². The van der Waals surface area contributed by atoms with Crippen LogP contribution in [0.25, 0.3) is 0 Å². The van der Waals surface area contributed by atoms with Crippen LogP contribution in [0.4, 0.5) is 0 Å². The third kappa shape index (κ3) is 8.01. The van der Waals surface area contributed by atoms with Gasteiger partial charge in [0, 0.05) is 6.42 Å². The number of rotatable bonds is 9. The van der Waals surface area contributed by atoms with Gasteiger partial charge in [0.05, 0.1) is 6.26 Å². The molecule has 0 bridgehead atoms. The van der Waals surface area contributed by atoms with Crippen LogP contribution in [0.1, 0.15) is 51.9 Å². The molecule has 1 nitrogen and oxygen atoms in total. The fourth-order valence-corrected chi connectivity index (χ4v) is 3.50. The van der Waals surface area contributed by atoms with Gasteiger partial charge in [-0.2, -0.15) is 0 Å². The monoisotopic (exact) mass is 236 g/mol. The summed E-state index contributed by atoms with van der Waals surface area (Å²) in [5, 5.41) is 0. The molecule has 0 aromatic carbocycles. The lowest BCUT2D eigenvalue weighted by Gasteiger charge is -2.15. The van der Waals surface area contributed by atoms with E-state index in [-0.39, 0.29) is 0 Å². The van der Waals surface area contributed by atoms with Gasteiger partial charge in [-0.1, -0.05) is 39.0 Å². The van der Waals surface area contributed by atoms with Crippen LogP contribution in [0.3, 0.4) is 0 Å². The maximum atomic E-state index is 11.2. The molecule has 0 spiro atoms. The average Bonchev–Trinajstić information content (AvgIpc) is 2.16. The van der Waals surface area contributed by atoms with Crippen LogP contribution in [0, 0.1) is 0 Å². The molecule has 0 rings (SSSR count). The topological polar surface area (TPSA) is 23.1 Å². The number of hydrogen-bond donors (Lipinski definition) is 0. The molecule has 0 fully saturated rings. The SMILES string of the molecule is CCCCCCCCC(SC)[S+](C)[O-]. The Morgan fingerprint density at radius 1 is 1.14 bits per heavy atom. The molecule has 2 unspecified atom stereocenters. The summed E-state index contributed by atoms with van der Waals surface area (Å²) in [5.74, 6) is 0. The molecule has 0 amide bonds. The van der Waals surface area contributed by atoms with Crippen LogP contribution in [0.5, 0.6) is 0 Å². The Bertz CT molecular complexity index is 118. The number of unbranched alkanes of at least 4 members (excludes halogenated alkanes) is 5. The van der Waals surface area contributed by atoms with Crippen LogP contribution in [-0.4, -0.2) is 21.6 Å². The summed E-state index contributed by atoms with van der Waals surface area (Å²) in [4.78, 5) is 0. The van der Waals surface area contributed by atoms with Crippen molar-refractivity contribution < 1.29 is 4.55 Å². The van der Waals surface area contributed by atoms with E-state index in [1.165, 1.54) is 38.5 Å². The summed E-state index contributed by atoms with van der Waals surface area (Å²) in [6.45, 7) is 2.24. The summed E-state index contributed by atoms with van der Waals surface area (Å²) in [6, 6.07) is 0. The smallest absolute Gasteiger partial charge is 0.160 e. The maximum absolute atomic E-state index is 11.2. The molecule has 3 heteroatoms. The highest BCUT2D eigenvalue weighted by Gasteiger charge is 2.15. The zero-order chi connectivity index (χ0) is 10.8. The van der Waals surface area contributed by atoms with Crippen molar-refractivity contribution in [1.82, 2.24) is 0 Å². The summed E-state index contributed by atoms with van der Waals surface area (Å²) in [6.07, 6.45) is 13.0. The van der Waals surface area contributed by atoms with Gasteiger partial charge in [0.25, 0.3) is 0 Å². The second-order valence-corrected chi connectivity index (χ2v) is 6.63. The molecule has 0 radical (unpaired) electrons. The maximum Gasteiger partial charge on any atom is 0.160 e. The zero-order valence-corrected chi connectivity index (χ0v) is 11.4. The lowest BCUT2D eigenvalue weighted by Crippen LogP contribution is -2.15. The van der Waals surface area contributed by atoms with Crippen LogP contribution < -0.4 is 0 Å². The molecule has 0 aliphatic carbocycles. The van der Waals surface area contributed by atoms with Crippen molar-refractivity contribution in [2.24, 2.45) is 0 Å². The first-order valence-electron chi connectivity index (χ1n) is 5.57. The predicted molar refractivity (Wildman–Crippen MR) is 69.4 cm³/mol. The van der Waals surface area contributed by atoms with Gasteiger partial charge in [-0.3, -0.25) is 0 Å². The lowest BCUT2D eigenvalue weighted by atomic mass is 10.1. The highest BCUT2D eigenvalue weighted by atomic mass is 32.3. The van der Waals surface area contributed by atoms with Gasteiger partial charge < -0.3 is 4.55 Å². The molecule has 0 N–H and O–H groups in total. The normalized spacial score (nSPS) is 15.4. The molecule has 0 heterocycles. The molecule has 0 aromatic rings. The first-order valence-corrected chi connectivity index (χ1v) is 8.48. The van der Waals surface area contributed by atoms with E-state index >= 15 is 0 Å². The van der Waals surface area contributed by atoms with Crippen molar-refractivity contribution in [3.63, 3.8) is 0 Å². The second-order valence-electron chi connectivity index (χ2n) is 3.72. The quantitative estimate of drug-likeness (QED) is 0.449. The molecular formula is C11H24OS2. The molecule has 0 aromatic heterocycles. The molecule has 86 valence electrons. The van der Waals surface area contributed by atoms with E-state index in [0.717, 1.165) is 6.42 Å². The van der Waals surface area contributed by atoms with E-state index in [9.17, 15) is 4.55 Å². The Morgan fingerprint density at radius 3 is 2.21 bits per heavy atom. The van der Waals surface area contributed by atoms with Gasteiger partial charge in [-0.25, -0.2) is 0 Å². The van der Waals surface area contributed by atoms with Gasteiger partial charge in [-0.05, 0) is 23.9 Å². The summed E-state index contributed by atoms with van der Waals surface area (Å²) >= 11 is 1.10. The van der Waals surface area contributed by atoms with Crippen molar-refractivity contribution in [2.45, 2.75) is 56.5 Å². The highest BCUT2D eigenvalue weighted by molar-refractivity contribution is 8.12. The summed E-state index contributed by atoms with van der Waals surface area (Å²) in [7, 11) is 0. The highest BCUT2D eigenvalue weighted by Crippen LogP contribution is 2.20. The Hall–Kier alpha value is 0.660. The van der Waals surface area contributed by atoms with E-state index in [2.05, 4.69) is 13.2 Å². The Balaban J connectivity index is 3.25. The van der Waals surface area contributed by atoms with Crippen molar-refractivity contribution >= 4 is 22.9 Å². The Morgan fingerprint density at radius 2 is 1.71 bits per heavy atom. The minimum Gasteiger partial charge on any atom is -0.616 e. The van der Waals surface area contributed by atoms with Crippen LogP contribution in [-0.2, 0) is 11.2 Å². The van der Waals surface area contributed by atoms with E-state index in [4.69, 9.17) is 0 Å². The Kier molecular flexibility index (Phi) is 10.7. The molecule has 0 aliphatic rings. The van der Waals surface area contributed by atoms with E-state index in [1.807, 2.05) is 6.26 Å². The van der Waals surface area contributed by atoms with Crippen molar-refractivity contribution in [1.29, 1.82) is 0 Å². The zero-order valence-electron chi connectivity index (χ0n) is 9.75. The van der Waals surface area contributed by atoms with Crippen LogP contribution in [0.15, 0.2) is 0 Å². The first kappa shape index (κ1) is 14.7. The third-order valence-electron chi connectivity index (χ3n) is 2.43. The van der Waals surface area contributed by atoms with Crippen molar-refractivity contribution in [2.75, 3.05) is 12.5 Å². The molecule has 14 heavy (non-hydrogen) atoms. The van der Waals surface area contributed by atoms with Crippen LogP contribution >= 0.6 is 11.8 Å². The minimum absolute atomic E-state index is 0.362. The summed E-state index contributed by atoms with van der Waals surface area (Å²) < 4.78 is 11.6. The molecule has 0 saturated carbocycles. The number of thioether (sulfide) groups is 1. The first-order chi connectivity index (χ1) is 6.72. The Labute approximate surface area is 96.6 Å². The molecule has 0 saturated heterocycles. The fourth-order valence-electron chi connectivity index (χ4n) is 1.51. The van der Waals surface area contributed by atoms with E-state index in [0.29, 0.717) is 4.58 Å². The predicted octanol–water partition coefficient (Wildman–Crippen LogP) is 3.80.